The van der Waals surface area contributed by atoms with Gasteiger partial charge in [-0.15, -0.1) is 0 Å². The quantitative estimate of drug-likeness (QED) is 0.819. The summed E-state index contributed by atoms with van der Waals surface area (Å²) in [7, 11) is 0. The largest absolute Gasteiger partial charge is 0.389 e. The molecule has 15 heavy (non-hydrogen) atoms. The number of nitrogens with zero attached hydrogens (tertiary/aromatic N) is 2. The van der Waals surface area contributed by atoms with Crippen molar-refractivity contribution in [2.45, 2.75) is 38.8 Å². The topological polar surface area (TPSA) is 36.4 Å². The van der Waals surface area contributed by atoms with E-state index >= 15 is 0 Å². The van der Waals surface area contributed by atoms with Gasteiger partial charge < -0.3 is 10.0 Å². The minimum absolute atomic E-state index is 0.412. The van der Waals surface area contributed by atoms with E-state index in [0.29, 0.717) is 6.04 Å². The number of anilines is 1. The van der Waals surface area contributed by atoms with Gasteiger partial charge in [0.1, 0.15) is 5.82 Å². The van der Waals surface area contributed by atoms with Crippen molar-refractivity contribution in [3.63, 3.8) is 0 Å². The monoisotopic (exact) mass is 206 g/mol. The average Bonchev–Trinajstić information content (AvgIpc) is 3.04. The lowest BCUT2D eigenvalue weighted by Gasteiger charge is -2.22. The number of aliphatic hydroxyl groups excluding tert-OH is 1. The smallest absolute Gasteiger partial charge is 0.129 e. The maximum atomic E-state index is 9.51. The molecule has 0 unspecified atom stereocenters. The van der Waals surface area contributed by atoms with E-state index < -0.39 is 6.10 Å². The van der Waals surface area contributed by atoms with Gasteiger partial charge in [-0.3, -0.25) is 0 Å². The highest BCUT2D eigenvalue weighted by molar-refractivity contribution is 5.43. The van der Waals surface area contributed by atoms with Gasteiger partial charge in [-0.25, -0.2) is 4.98 Å². The Hall–Kier alpha value is -1.09. The third-order valence-corrected chi connectivity index (χ3v) is 2.87. The standard InChI is InChI=1S/C12H18N2O/c1-3-14(11-4-5-11)12-8-10(9(2)15)6-7-13-12/h6-9,11,15H,3-5H2,1-2H3/t9-/m0/s1. The zero-order chi connectivity index (χ0) is 10.8. The van der Waals surface area contributed by atoms with Gasteiger partial charge in [0.25, 0.3) is 0 Å². The van der Waals surface area contributed by atoms with Gasteiger partial charge in [-0.05, 0) is 44.4 Å². The molecule has 1 heterocycles. The fraction of sp³-hybridized carbons (Fsp3) is 0.583. The van der Waals surface area contributed by atoms with Crippen molar-refractivity contribution < 1.29 is 5.11 Å². The van der Waals surface area contributed by atoms with Crippen LogP contribution in [0.5, 0.6) is 0 Å². The Morgan fingerprint density at radius 2 is 2.33 bits per heavy atom. The summed E-state index contributed by atoms with van der Waals surface area (Å²) in [6, 6.07) is 4.54. The second kappa shape index (κ2) is 4.19. The molecule has 82 valence electrons. The minimum Gasteiger partial charge on any atom is -0.389 e. The van der Waals surface area contributed by atoms with Crippen LogP contribution in [0, 0.1) is 0 Å². The van der Waals surface area contributed by atoms with Gasteiger partial charge in [-0.2, -0.15) is 0 Å². The van der Waals surface area contributed by atoms with E-state index in [-0.39, 0.29) is 0 Å². The molecule has 1 saturated carbocycles. The van der Waals surface area contributed by atoms with Crippen LogP contribution in [-0.4, -0.2) is 22.7 Å². The average molecular weight is 206 g/mol. The molecule has 0 bridgehead atoms. The molecule has 1 aliphatic rings. The van der Waals surface area contributed by atoms with Gasteiger partial charge >= 0.3 is 0 Å². The molecular weight excluding hydrogens is 188 g/mol. The first kappa shape index (κ1) is 10.4. The highest BCUT2D eigenvalue weighted by Crippen LogP contribution is 2.31. The molecule has 3 heteroatoms. The molecule has 0 spiro atoms. The molecule has 1 atom stereocenters. The van der Waals surface area contributed by atoms with E-state index in [0.717, 1.165) is 17.9 Å². The Bertz CT molecular complexity index is 334. The SMILES string of the molecule is CCN(c1cc([C@H](C)O)ccn1)C1CC1. The maximum absolute atomic E-state index is 9.51. The highest BCUT2D eigenvalue weighted by Gasteiger charge is 2.28. The number of hydrogen-bond donors (Lipinski definition) is 1. The van der Waals surface area contributed by atoms with Crippen molar-refractivity contribution in [3.8, 4) is 0 Å². The summed E-state index contributed by atoms with van der Waals surface area (Å²) in [6.07, 6.45) is 3.91. The summed E-state index contributed by atoms with van der Waals surface area (Å²) in [4.78, 5) is 6.68. The Balaban J connectivity index is 2.22. The molecule has 3 nitrogen and oxygen atoms in total. The zero-order valence-electron chi connectivity index (χ0n) is 9.35. The molecular formula is C12H18N2O. The van der Waals surface area contributed by atoms with Crippen molar-refractivity contribution in [1.82, 2.24) is 4.98 Å². The first-order valence-corrected chi connectivity index (χ1v) is 5.63. The molecule has 0 amide bonds. The van der Waals surface area contributed by atoms with Gasteiger partial charge in [-0.1, -0.05) is 0 Å². The number of hydrogen-bond acceptors (Lipinski definition) is 3. The fourth-order valence-corrected chi connectivity index (χ4v) is 1.84. The Labute approximate surface area is 90.8 Å². The van der Waals surface area contributed by atoms with Crippen molar-refractivity contribution in [2.24, 2.45) is 0 Å². The van der Waals surface area contributed by atoms with Gasteiger partial charge in [0.2, 0.25) is 0 Å². The molecule has 1 aromatic heterocycles. The molecule has 1 N–H and O–H groups in total. The summed E-state index contributed by atoms with van der Waals surface area (Å²) in [6.45, 7) is 4.92. The van der Waals surface area contributed by atoms with Crippen molar-refractivity contribution in [1.29, 1.82) is 0 Å². The third-order valence-electron chi connectivity index (χ3n) is 2.87. The lowest BCUT2D eigenvalue weighted by atomic mass is 10.1. The van der Waals surface area contributed by atoms with Crippen LogP contribution in [-0.2, 0) is 0 Å². The predicted octanol–water partition coefficient (Wildman–Crippen LogP) is 2.12. The van der Waals surface area contributed by atoms with E-state index in [2.05, 4.69) is 16.8 Å². The highest BCUT2D eigenvalue weighted by atomic mass is 16.3. The van der Waals surface area contributed by atoms with Crippen LogP contribution in [0.2, 0.25) is 0 Å². The van der Waals surface area contributed by atoms with E-state index in [4.69, 9.17) is 0 Å². The maximum Gasteiger partial charge on any atom is 0.129 e. The van der Waals surface area contributed by atoms with Crippen LogP contribution in [0.15, 0.2) is 18.3 Å². The van der Waals surface area contributed by atoms with Crippen LogP contribution in [0.3, 0.4) is 0 Å². The van der Waals surface area contributed by atoms with E-state index in [1.807, 2.05) is 12.1 Å². The Kier molecular flexibility index (Phi) is 2.91. The Morgan fingerprint density at radius 3 is 2.87 bits per heavy atom. The number of aromatic nitrogens is 1. The third kappa shape index (κ3) is 2.29. The molecule has 0 saturated heterocycles. The van der Waals surface area contributed by atoms with E-state index in [1.54, 1.807) is 13.1 Å². The minimum atomic E-state index is -0.412. The molecule has 1 fully saturated rings. The first-order valence-electron chi connectivity index (χ1n) is 5.63. The van der Waals surface area contributed by atoms with Gasteiger partial charge in [0.15, 0.2) is 0 Å². The molecule has 2 rings (SSSR count). The number of pyridine rings is 1. The number of aliphatic hydroxyl groups is 1. The fourth-order valence-electron chi connectivity index (χ4n) is 1.84. The normalized spacial score (nSPS) is 17.5. The lowest BCUT2D eigenvalue weighted by Crippen LogP contribution is -2.26. The van der Waals surface area contributed by atoms with Crippen LogP contribution >= 0.6 is 0 Å². The molecule has 0 aromatic carbocycles. The van der Waals surface area contributed by atoms with Gasteiger partial charge in [0, 0.05) is 18.8 Å². The van der Waals surface area contributed by atoms with Crippen LogP contribution in [0.1, 0.15) is 38.4 Å². The summed E-state index contributed by atoms with van der Waals surface area (Å²) in [5, 5.41) is 9.51. The van der Waals surface area contributed by atoms with Crippen molar-refractivity contribution >= 4 is 5.82 Å². The summed E-state index contributed by atoms with van der Waals surface area (Å²) in [5.41, 5.74) is 0.944. The molecule has 0 aliphatic heterocycles. The summed E-state index contributed by atoms with van der Waals surface area (Å²) >= 11 is 0. The van der Waals surface area contributed by atoms with Crippen LogP contribution in [0.4, 0.5) is 5.82 Å². The summed E-state index contributed by atoms with van der Waals surface area (Å²) < 4.78 is 0. The van der Waals surface area contributed by atoms with Gasteiger partial charge in [0.05, 0.1) is 6.10 Å². The predicted molar refractivity (Wildman–Crippen MR) is 60.9 cm³/mol. The van der Waals surface area contributed by atoms with Crippen molar-refractivity contribution in [3.05, 3.63) is 23.9 Å². The second-order valence-corrected chi connectivity index (χ2v) is 4.14. The molecule has 0 radical (unpaired) electrons. The van der Waals surface area contributed by atoms with E-state index in [1.165, 1.54) is 12.8 Å². The van der Waals surface area contributed by atoms with Crippen LogP contribution in [0.25, 0.3) is 0 Å². The van der Waals surface area contributed by atoms with Crippen LogP contribution < -0.4 is 4.90 Å². The second-order valence-electron chi connectivity index (χ2n) is 4.14. The summed E-state index contributed by atoms with van der Waals surface area (Å²) in [5.74, 6) is 0.999. The Morgan fingerprint density at radius 1 is 1.60 bits per heavy atom. The zero-order valence-corrected chi connectivity index (χ0v) is 9.35. The van der Waals surface area contributed by atoms with E-state index in [9.17, 15) is 5.11 Å². The molecule has 1 aromatic rings. The number of rotatable bonds is 4. The van der Waals surface area contributed by atoms with Crippen molar-refractivity contribution in [2.75, 3.05) is 11.4 Å². The lowest BCUT2D eigenvalue weighted by molar-refractivity contribution is 0.199. The first-order chi connectivity index (χ1) is 7.22. The molecule has 1 aliphatic carbocycles.